The summed E-state index contributed by atoms with van der Waals surface area (Å²) in [5, 5.41) is 0.800. The Hall–Kier alpha value is -3.35. The predicted molar refractivity (Wildman–Crippen MR) is 107 cm³/mol. The Morgan fingerprint density at radius 3 is 2.45 bits per heavy atom. The zero-order valence-electron chi connectivity index (χ0n) is 16.0. The highest BCUT2D eigenvalue weighted by Crippen LogP contribution is 2.33. The van der Waals surface area contributed by atoms with Crippen LogP contribution in [0.15, 0.2) is 47.3 Å². The van der Waals surface area contributed by atoms with E-state index in [0.29, 0.717) is 48.8 Å². The average Bonchev–Trinajstić information content (AvgIpc) is 2.73. The fourth-order valence-electron chi connectivity index (χ4n) is 3.38. The van der Waals surface area contributed by atoms with Crippen LogP contribution in [0.3, 0.4) is 0 Å². The van der Waals surface area contributed by atoms with E-state index < -0.39 is 0 Å². The zero-order chi connectivity index (χ0) is 20.4. The maximum absolute atomic E-state index is 13.2. The van der Waals surface area contributed by atoms with Gasteiger partial charge < -0.3 is 19.4 Å². The van der Waals surface area contributed by atoms with Gasteiger partial charge in [-0.1, -0.05) is 19.1 Å². The number of hydrogen-bond donors (Lipinski definition) is 1. The highest BCUT2D eigenvalue weighted by molar-refractivity contribution is 5.83. The van der Waals surface area contributed by atoms with E-state index in [1.54, 1.807) is 36.1 Å². The minimum absolute atomic E-state index is 0.0870. The Morgan fingerprint density at radius 2 is 1.76 bits per heavy atom. The number of aromatic amines is 1. The monoisotopic (exact) mass is 396 g/mol. The van der Waals surface area contributed by atoms with Crippen molar-refractivity contribution in [3.8, 4) is 11.5 Å². The van der Waals surface area contributed by atoms with Crippen molar-refractivity contribution >= 4 is 16.8 Å². The molecule has 2 heterocycles. The Balaban J connectivity index is 1.65. The number of rotatable bonds is 5. The molecule has 0 unspecified atom stereocenters. The van der Waals surface area contributed by atoms with Gasteiger partial charge in [-0.2, -0.15) is 0 Å². The number of carbonyl (C=O) groups excluding carboxylic acids is 1. The number of pyridine rings is 1. The quantitative estimate of drug-likeness (QED) is 0.718. The van der Waals surface area contributed by atoms with Gasteiger partial charge in [0, 0.05) is 30.0 Å². The number of nitrogens with zero attached hydrogens (tertiary/aromatic N) is 1. The number of H-pyrrole nitrogens is 1. The van der Waals surface area contributed by atoms with Crippen molar-refractivity contribution in [2.45, 2.75) is 26.4 Å². The van der Waals surface area contributed by atoms with E-state index in [2.05, 4.69) is 4.98 Å². The van der Waals surface area contributed by atoms with Crippen molar-refractivity contribution in [2.24, 2.45) is 0 Å². The number of nitrogens with one attached hydrogen (secondary N) is 1. The number of carbonyl (C=O) groups is 1. The van der Waals surface area contributed by atoms with Gasteiger partial charge in [-0.15, -0.1) is 0 Å². The Kier molecular flexibility index (Phi) is 5.20. The minimum Gasteiger partial charge on any atom is -0.486 e. The van der Waals surface area contributed by atoms with Crippen LogP contribution in [0.25, 0.3) is 10.9 Å². The number of aromatic nitrogens is 1. The van der Waals surface area contributed by atoms with Crippen LogP contribution in [0.4, 0.5) is 4.39 Å². The molecule has 4 rings (SSSR count). The number of benzene rings is 2. The lowest BCUT2D eigenvalue weighted by Gasteiger charge is -2.23. The lowest BCUT2D eigenvalue weighted by Crippen LogP contribution is -2.32. The molecule has 7 heteroatoms. The summed E-state index contributed by atoms with van der Waals surface area (Å²) < 4.78 is 24.3. The number of fused-ring (bicyclic) bond motifs is 2. The highest BCUT2D eigenvalue weighted by atomic mass is 19.1. The fourth-order valence-corrected chi connectivity index (χ4v) is 3.38. The Morgan fingerprint density at radius 1 is 1.07 bits per heavy atom. The molecule has 1 aromatic heterocycles. The fraction of sp³-hybridized carbons (Fsp3) is 0.273. The lowest BCUT2D eigenvalue weighted by molar-refractivity contribution is -0.132. The molecule has 0 radical (unpaired) electrons. The first-order valence-electron chi connectivity index (χ1n) is 9.51. The topological polar surface area (TPSA) is 71.6 Å². The van der Waals surface area contributed by atoms with Gasteiger partial charge in [-0.3, -0.25) is 9.59 Å². The third-order valence-electron chi connectivity index (χ3n) is 4.89. The maximum atomic E-state index is 13.2. The minimum atomic E-state index is -0.331. The van der Waals surface area contributed by atoms with Crippen LogP contribution in [-0.2, 0) is 17.9 Å². The van der Waals surface area contributed by atoms with Crippen molar-refractivity contribution in [1.82, 2.24) is 9.88 Å². The summed E-state index contributed by atoms with van der Waals surface area (Å²) in [5.41, 5.74) is 1.65. The second kappa shape index (κ2) is 7.95. The second-order valence-corrected chi connectivity index (χ2v) is 6.94. The summed E-state index contributed by atoms with van der Waals surface area (Å²) >= 11 is 0. The maximum Gasteiger partial charge on any atom is 0.253 e. The molecule has 1 N–H and O–H groups in total. The van der Waals surface area contributed by atoms with Crippen LogP contribution in [-0.4, -0.2) is 29.0 Å². The van der Waals surface area contributed by atoms with Crippen molar-refractivity contribution in [1.29, 1.82) is 0 Å². The Labute approximate surface area is 166 Å². The molecule has 150 valence electrons. The van der Waals surface area contributed by atoms with Gasteiger partial charge in [0.2, 0.25) is 5.91 Å². The third-order valence-corrected chi connectivity index (χ3v) is 4.89. The molecule has 6 nitrogen and oxygen atoms in total. The number of amides is 1. The first-order chi connectivity index (χ1) is 14.0. The second-order valence-electron chi connectivity index (χ2n) is 6.94. The molecule has 0 saturated heterocycles. The summed E-state index contributed by atoms with van der Waals surface area (Å²) in [7, 11) is 0. The first-order valence-corrected chi connectivity index (χ1v) is 9.51. The molecule has 0 spiro atoms. The van der Waals surface area contributed by atoms with E-state index in [9.17, 15) is 14.0 Å². The van der Waals surface area contributed by atoms with E-state index in [0.717, 1.165) is 10.9 Å². The summed E-state index contributed by atoms with van der Waals surface area (Å²) in [6, 6.07) is 11.3. The molecule has 0 atom stereocenters. The van der Waals surface area contributed by atoms with Gasteiger partial charge in [0.25, 0.3) is 5.56 Å². The van der Waals surface area contributed by atoms with Crippen LogP contribution in [0, 0.1) is 5.82 Å². The lowest BCUT2D eigenvalue weighted by atomic mass is 10.1. The summed E-state index contributed by atoms with van der Waals surface area (Å²) in [5.74, 6) is 0.819. The van der Waals surface area contributed by atoms with Crippen molar-refractivity contribution in [2.75, 3.05) is 13.2 Å². The third kappa shape index (κ3) is 4.08. The number of ether oxygens (including phenoxy) is 2. The molecule has 2 aromatic carbocycles. The average molecular weight is 396 g/mol. The number of halogens is 1. The van der Waals surface area contributed by atoms with Crippen molar-refractivity contribution in [3.05, 3.63) is 69.8 Å². The van der Waals surface area contributed by atoms with Gasteiger partial charge in [-0.25, -0.2) is 4.39 Å². The molecule has 0 fully saturated rings. The molecule has 0 bridgehead atoms. The molecule has 0 saturated carbocycles. The molecule has 29 heavy (non-hydrogen) atoms. The molecular weight excluding hydrogens is 375 g/mol. The van der Waals surface area contributed by atoms with Crippen LogP contribution in [0.5, 0.6) is 11.5 Å². The van der Waals surface area contributed by atoms with E-state index in [1.165, 1.54) is 12.1 Å². The smallest absolute Gasteiger partial charge is 0.253 e. The first kappa shape index (κ1) is 19.0. The van der Waals surface area contributed by atoms with Gasteiger partial charge in [0.15, 0.2) is 11.5 Å². The van der Waals surface area contributed by atoms with Crippen LogP contribution < -0.4 is 15.0 Å². The summed E-state index contributed by atoms with van der Waals surface area (Å²) in [6.45, 7) is 3.17. The van der Waals surface area contributed by atoms with E-state index in [4.69, 9.17) is 9.47 Å². The largest absolute Gasteiger partial charge is 0.486 e. The summed E-state index contributed by atoms with van der Waals surface area (Å²) in [6.07, 6.45) is 0.311. The molecule has 1 aliphatic heterocycles. The molecule has 3 aromatic rings. The standard InChI is InChI=1S/C22H21FN2O4/c1-2-21(26)25(12-14-3-5-17(23)6-4-14)13-16-9-15-10-19-20(29-8-7-28-19)11-18(15)24-22(16)27/h3-6,9-11H,2,7-8,12-13H2,1H3,(H,24,27). The Bertz CT molecular complexity index is 1110. The van der Waals surface area contributed by atoms with Crippen molar-refractivity contribution < 1.29 is 18.7 Å². The highest BCUT2D eigenvalue weighted by Gasteiger charge is 2.17. The normalized spacial score (nSPS) is 12.8. The van der Waals surface area contributed by atoms with E-state index >= 15 is 0 Å². The molecular formula is C22H21FN2O4. The SMILES string of the molecule is CCC(=O)N(Cc1ccc(F)cc1)Cc1cc2cc3c(cc2[nH]c1=O)OCCO3. The van der Waals surface area contributed by atoms with Crippen LogP contribution in [0.2, 0.25) is 0 Å². The van der Waals surface area contributed by atoms with Crippen LogP contribution >= 0.6 is 0 Å². The molecule has 0 aliphatic carbocycles. The molecule has 1 aliphatic rings. The number of hydrogen-bond acceptors (Lipinski definition) is 4. The van der Waals surface area contributed by atoms with Gasteiger partial charge >= 0.3 is 0 Å². The van der Waals surface area contributed by atoms with Crippen LogP contribution in [0.1, 0.15) is 24.5 Å². The van der Waals surface area contributed by atoms with Crippen molar-refractivity contribution in [3.63, 3.8) is 0 Å². The van der Waals surface area contributed by atoms with Gasteiger partial charge in [-0.05, 0) is 29.8 Å². The van der Waals surface area contributed by atoms with E-state index in [1.807, 2.05) is 6.07 Å². The van der Waals surface area contributed by atoms with Gasteiger partial charge in [0.05, 0.1) is 12.1 Å². The predicted octanol–water partition coefficient (Wildman–Crippen LogP) is 3.38. The molecule has 1 amide bonds. The zero-order valence-corrected chi connectivity index (χ0v) is 16.0. The van der Waals surface area contributed by atoms with Gasteiger partial charge in [0.1, 0.15) is 19.0 Å². The van der Waals surface area contributed by atoms with E-state index in [-0.39, 0.29) is 23.8 Å². The summed E-state index contributed by atoms with van der Waals surface area (Å²) in [4.78, 5) is 29.5.